The molecule has 0 spiro atoms. The molecule has 0 unspecified atom stereocenters. The van der Waals surface area contributed by atoms with Gasteiger partial charge in [0.15, 0.2) is 0 Å². The molecule has 0 atom stereocenters. The molecule has 362 valence electrons. The third-order valence-electron chi connectivity index (χ3n) is 13.9. The second kappa shape index (κ2) is 45.4. The maximum absolute atomic E-state index is 12.6. The summed E-state index contributed by atoms with van der Waals surface area (Å²) in [4.78, 5) is 30.4. The predicted octanol–water partition coefficient (Wildman–Crippen LogP) is 15.8. The van der Waals surface area contributed by atoms with E-state index in [0.29, 0.717) is 19.4 Å². The van der Waals surface area contributed by atoms with Crippen LogP contribution in [0.1, 0.15) is 278 Å². The third-order valence-corrected chi connectivity index (χ3v) is 13.9. The number of esters is 1. The summed E-state index contributed by atoms with van der Waals surface area (Å²) in [6.45, 7) is 18.1. The van der Waals surface area contributed by atoms with Gasteiger partial charge >= 0.3 is 5.97 Å². The lowest BCUT2D eigenvalue weighted by molar-refractivity contribution is -0.144. The van der Waals surface area contributed by atoms with Crippen molar-refractivity contribution in [3.8, 4) is 0 Å². The normalized spacial score (nSPS) is 13.4. The lowest BCUT2D eigenvalue weighted by atomic mass is 9.90. The van der Waals surface area contributed by atoms with Gasteiger partial charge in [0.1, 0.15) is 0 Å². The van der Waals surface area contributed by atoms with Gasteiger partial charge in [-0.25, -0.2) is 0 Å². The number of nitrogens with one attached hydrogen (secondary N) is 1. The Morgan fingerprint density at radius 3 is 1.39 bits per heavy atom. The Balaban J connectivity index is 2.20. The lowest BCUT2D eigenvalue weighted by Crippen LogP contribution is -2.30. The van der Waals surface area contributed by atoms with E-state index >= 15 is 0 Å². The fraction of sp³-hybridized carbons (Fsp3) is 0.964. The van der Waals surface area contributed by atoms with Crippen LogP contribution in [0.15, 0.2) is 0 Å². The Morgan fingerprint density at radius 1 is 0.475 bits per heavy atom. The first-order valence-corrected chi connectivity index (χ1v) is 27.9. The fourth-order valence-electron chi connectivity index (χ4n) is 9.79. The van der Waals surface area contributed by atoms with E-state index in [1.807, 2.05) is 0 Å². The van der Waals surface area contributed by atoms with Crippen LogP contribution in [0.2, 0.25) is 0 Å². The molecule has 1 N–H and O–H groups in total. The fourth-order valence-corrected chi connectivity index (χ4v) is 9.79. The number of nitrogens with zero attached hydrogens (tertiary/aromatic N) is 2. The van der Waals surface area contributed by atoms with Gasteiger partial charge in [0.25, 0.3) is 0 Å². The molecule has 0 bridgehead atoms. The molecule has 0 aromatic carbocycles. The van der Waals surface area contributed by atoms with Crippen LogP contribution < -0.4 is 5.32 Å². The molecule has 0 saturated carbocycles. The Kier molecular flexibility index (Phi) is 43.1. The number of carbonyl (C=O) groups is 2. The summed E-state index contributed by atoms with van der Waals surface area (Å²) in [5.74, 6) is 1.96. The highest BCUT2D eigenvalue weighted by atomic mass is 16.5. The smallest absolute Gasteiger partial charge is 0.305 e. The zero-order valence-electron chi connectivity index (χ0n) is 42.0. The summed E-state index contributed by atoms with van der Waals surface area (Å²) in [6.07, 6.45) is 49.1. The van der Waals surface area contributed by atoms with E-state index < -0.39 is 0 Å². The number of rotatable bonds is 48. The van der Waals surface area contributed by atoms with E-state index in [1.54, 1.807) is 0 Å². The van der Waals surface area contributed by atoms with E-state index in [9.17, 15) is 9.59 Å². The average molecular weight is 860 g/mol. The van der Waals surface area contributed by atoms with E-state index in [-0.39, 0.29) is 11.9 Å². The first-order valence-electron chi connectivity index (χ1n) is 27.9. The van der Waals surface area contributed by atoms with Crippen LogP contribution in [0.4, 0.5) is 0 Å². The van der Waals surface area contributed by atoms with Crippen molar-refractivity contribution >= 4 is 11.9 Å². The van der Waals surface area contributed by atoms with Crippen LogP contribution in [0.5, 0.6) is 0 Å². The molecule has 61 heavy (non-hydrogen) atoms. The first-order chi connectivity index (χ1) is 30.0. The van der Waals surface area contributed by atoms with E-state index in [0.717, 1.165) is 50.5 Å². The van der Waals surface area contributed by atoms with Crippen LogP contribution in [0.3, 0.4) is 0 Å². The molecule has 0 radical (unpaired) electrons. The number of amides is 1. The zero-order chi connectivity index (χ0) is 44.1. The van der Waals surface area contributed by atoms with Crippen LogP contribution in [0.25, 0.3) is 0 Å². The van der Waals surface area contributed by atoms with Crippen molar-refractivity contribution < 1.29 is 14.3 Å². The SMILES string of the molecule is CCCCCCC(CCCCCC)CCCNC(=O)CCCCCCCN(CCCCCCCC(=O)OCCCC(CCCCCC)CCCCCC)CCCN1CCCC1. The van der Waals surface area contributed by atoms with Gasteiger partial charge in [0.2, 0.25) is 5.91 Å². The zero-order valence-corrected chi connectivity index (χ0v) is 42.0. The lowest BCUT2D eigenvalue weighted by Gasteiger charge is -2.24. The average Bonchev–Trinajstić information content (AvgIpc) is 3.79. The largest absolute Gasteiger partial charge is 0.466 e. The molecule has 6 heteroatoms. The number of carbonyl (C=O) groups excluding carboxylic acids is 2. The number of unbranched alkanes of at least 4 members (excludes halogenated alkanes) is 20. The van der Waals surface area contributed by atoms with E-state index in [1.165, 1.54) is 245 Å². The van der Waals surface area contributed by atoms with Gasteiger partial charge in [0, 0.05) is 19.4 Å². The number of likely N-dealkylation sites (tertiary alicyclic amines) is 1. The van der Waals surface area contributed by atoms with Crippen molar-refractivity contribution in [2.45, 2.75) is 278 Å². The van der Waals surface area contributed by atoms with Gasteiger partial charge in [0.05, 0.1) is 6.61 Å². The number of hydrogen-bond donors (Lipinski definition) is 1. The summed E-state index contributed by atoms with van der Waals surface area (Å²) < 4.78 is 5.68. The van der Waals surface area contributed by atoms with Crippen molar-refractivity contribution in [1.82, 2.24) is 15.1 Å². The van der Waals surface area contributed by atoms with Crippen molar-refractivity contribution in [1.29, 1.82) is 0 Å². The highest BCUT2D eigenvalue weighted by Crippen LogP contribution is 2.24. The standard InChI is InChI=1S/C55H109N3O3/c1-5-9-13-23-36-52(37-24-14-10-6-2)40-33-44-56-54(59)42-27-19-17-21-29-45-57(49-35-50-58-47-31-32-48-58)46-30-22-18-20-28-43-55(60)61-51-34-41-53(38-25-15-11-7-3)39-26-16-12-8-4/h52-53H,5-51H2,1-4H3,(H,56,59). The van der Waals surface area contributed by atoms with Gasteiger partial charge in [-0.1, -0.05) is 195 Å². The second-order valence-electron chi connectivity index (χ2n) is 19.8. The molecule has 1 amide bonds. The minimum atomic E-state index is 0.0188. The summed E-state index contributed by atoms with van der Waals surface area (Å²) in [7, 11) is 0. The molecule has 6 nitrogen and oxygen atoms in total. The van der Waals surface area contributed by atoms with Gasteiger partial charge in [-0.2, -0.15) is 0 Å². The predicted molar refractivity (Wildman–Crippen MR) is 267 cm³/mol. The molecular weight excluding hydrogens is 751 g/mol. The molecule has 1 aliphatic rings. The number of ether oxygens (including phenoxy) is 1. The molecule has 0 aromatic rings. The van der Waals surface area contributed by atoms with Crippen molar-refractivity contribution in [3.63, 3.8) is 0 Å². The monoisotopic (exact) mass is 860 g/mol. The van der Waals surface area contributed by atoms with Gasteiger partial charge in [-0.3, -0.25) is 9.59 Å². The Bertz CT molecular complexity index is 838. The Labute approximate surface area is 382 Å². The van der Waals surface area contributed by atoms with Crippen LogP contribution in [0, 0.1) is 11.8 Å². The third kappa shape index (κ3) is 39.0. The quantitative estimate of drug-likeness (QED) is 0.0488. The van der Waals surface area contributed by atoms with Crippen molar-refractivity contribution in [2.75, 3.05) is 52.4 Å². The topological polar surface area (TPSA) is 61.9 Å². The van der Waals surface area contributed by atoms with Crippen LogP contribution in [-0.2, 0) is 14.3 Å². The summed E-state index contributed by atoms with van der Waals surface area (Å²) in [5, 5.41) is 3.24. The molecule has 1 aliphatic heterocycles. The molecule has 1 saturated heterocycles. The number of hydrogen-bond acceptors (Lipinski definition) is 5. The first kappa shape index (κ1) is 57.9. The Morgan fingerprint density at radius 2 is 0.885 bits per heavy atom. The molecular formula is C55H109N3O3. The maximum atomic E-state index is 12.6. The summed E-state index contributed by atoms with van der Waals surface area (Å²) >= 11 is 0. The summed E-state index contributed by atoms with van der Waals surface area (Å²) in [6, 6.07) is 0. The molecule has 0 aliphatic carbocycles. The van der Waals surface area contributed by atoms with Gasteiger partial charge in [-0.15, -0.1) is 0 Å². The summed E-state index contributed by atoms with van der Waals surface area (Å²) in [5.41, 5.74) is 0. The van der Waals surface area contributed by atoms with Crippen molar-refractivity contribution in [3.05, 3.63) is 0 Å². The highest BCUT2D eigenvalue weighted by molar-refractivity contribution is 5.75. The second-order valence-corrected chi connectivity index (χ2v) is 19.8. The highest BCUT2D eigenvalue weighted by Gasteiger charge is 2.14. The van der Waals surface area contributed by atoms with Gasteiger partial charge < -0.3 is 19.9 Å². The van der Waals surface area contributed by atoms with Crippen LogP contribution in [-0.4, -0.2) is 74.1 Å². The molecule has 1 fully saturated rings. The molecule has 0 aromatic heterocycles. The van der Waals surface area contributed by atoms with Crippen LogP contribution >= 0.6 is 0 Å². The molecule has 1 heterocycles. The molecule has 1 rings (SSSR count). The van der Waals surface area contributed by atoms with Gasteiger partial charge in [-0.05, 0) is 122 Å². The Hall–Kier alpha value is -1.14. The van der Waals surface area contributed by atoms with Crippen molar-refractivity contribution in [2.24, 2.45) is 11.8 Å². The maximum Gasteiger partial charge on any atom is 0.305 e. The van der Waals surface area contributed by atoms with E-state index in [4.69, 9.17) is 4.74 Å². The van der Waals surface area contributed by atoms with E-state index in [2.05, 4.69) is 42.8 Å². The minimum absolute atomic E-state index is 0.0188. The minimum Gasteiger partial charge on any atom is -0.466 e.